The van der Waals surface area contributed by atoms with Crippen LogP contribution in [0.4, 0.5) is 0 Å². The molecule has 3 rings (SSSR count). The molecular weight excluding hydrogens is 290 g/mol. The normalized spacial score (nSPS) is 17.2. The minimum atomic E-state index is -0.124. The summed E-state index contributed by atoms with van der Waals surface area (Å²) < 4.78 is 5.45. The summed E-state index contributed by atoms with van der Waals surface area (Å²) in [6.07, 6.45) is 1.58. The summed E-state index contributed by atoms with van der Waals surface area (Å²) in [5, 5.41) is 1.87. The monoisotopic (exact) mass is 307 g/mol. The Morgan fingerprint density at radius 3 is 3.00 bits per heavy atom. The quantitative estimate of drug-likeness (QED) is 0.867. The first kappa shape index (κ1) is 14.2. The van der Waals surface area contributed by atoms with E-state index in [9.17, 15) is 9.59 Å². The maximum atomic E-state index is 11.9. The van der Waals surface area contributed by atoms with Crippen molar-refractivity contribution in [1.82, 2.24) is 14.9 Å². The van der Waals surface area contributed by atoms with Crippen LogP contribution in [0, 0.1) is 5.92 Å². The van der Waals surface area contributed by atoms with E-state index >= 15 is 0 Å². The summed E-state index contributed by atoms with van der Waals surface area (Å²) in [7, 11) is 1.43. The van der Waals surface area contributed by atoms with Crippen LogP contribution >= 0.6 is 11.3 Å². The van der Waals surface area contributed by atoms with Crippen molar-refractivity contribution in [3.05, 3.63) is 27.6 Å². The number of rotatable bonds is 3. The lowest BCUT2D eigenvalue weighted by Gasteiger charge is -2.30. The average Bonchev–Trinajstić information content (AvgIpc) is 2.96. The molecule has 3 heterocycles. The second kappa shape index (κ2) is 5.95. The summed E-state index contributed by atoms with van der Waals surface area (Å²) in [5.74, 6) is 0.556. The number of hydrogen-bond donors (Lipinski definition) is 1. The first-order valence-corrected chi connectivity index (χ1v) is 7.82. The number of fused-ring (bicyclic) bond motifs is 1. The van der Waals surface area contributed by atoms with E-state index in [-0.39, 0.29) is 17.4 Å². The van der Waals surface area contributed by atoms with Gasteiger partial charge in [0.2, 0.25) is 0 Å². The van der Waals surface area contributed by atoms with Gasteiger partial charge in [-0.05, 0) is 37.4 Å². The van der Waals surface area contributed by atoms with E-state index in [4.69, 9.17) is 4.74 Å². The molecule has 1 fully saturated rings. The Morgan fingerprint density at radius 1 is 1.52 bits per heavy atom. The molecule has 2 aromatic rings. The van der Waals surface area contributed by atoms with Crippen molar-refractivity contribution in [2.75, 3.05) is 20.2 Å². The van der Waals surface area contributed by atoms with Crippen molar-refractivity contribution < 1.29 is 9.53 Å². The minimum Gasteiger partial charge on any atom is -0.469 e. The first-order chi connectivity index (χ1) is 10.2. The van der Waals surface area contributed by atoms with Crippen LogP contribution in [0.2, 0.25) is 0 Å². The topological polar surface area (TPSA) is 75.3 Å². The molecule has 0 radical (unpaired) electrons. The number of carbonyl (C=O) groups is 1. The van der Waals surface area contributed by atoms with Gasteiger partial charge in [-0.1, -0.05) is 0 Å². The van der Waals surface area contributed by atoms with Gasteiger partial charge in [-0.3, -0.25) is 14.5 Å². The Kier molecular flexibility index (Phi) is 4.03. The number of nitrogens with zero attached hydrogens (tertiary/aromatic N) is 2. The lowest BCUT2D eigenvalue weighted by Crippen LogP contribution is -2.37. The van der Waals surface area contributed by atoms with Gasteiger partial charge in [-0.2, -0.15) is 0 Å². The third kappa shape index (κ3) is 2.98. The molecule has 1 N–H and O–H groups in total. The van der Waals surface area contributed by atoms with Crippen molar-refractivity contribution in [3.63, 3.8) is 0 Å². The second-order valence-electron chi connectivity index (χ2n) is 5.22. The summed E-state index contributed by atoms with van der Waals surface area (Å²) >= 11 is 1.40. The standard InChI is InChI=1S/C14H17N3O3S/c1-20-14(19)9-2-5-17(6-3-9)8-11-15-10-4-7-21-12(10)13(18)16-11/h4,7,9H,2-3,5-6,8H2,1H3,(H,15,16,18). The molecule has 0 bridgehead atoms. The average molecular weight is 307 g/mol. The van der Waals surface area contributed by atoms with E-state index in [0.29, 0.717) is 17.1 Å². The molecule has 1 aliphatic rings. The van der Waals surface area contributed by atoms with Gasteiger partial charge in [0.1, 0.15) is 10.5 Å². The van der Waals surface area contributed by atoms with Crippen LogP contribution in [-0.2, 0) is 16.1 Å². The molecular formula is C14H17N3O3S. The number of H-pyrrole nitrogens is 1. The highest BCUT2D eigenvalue weighted by molar-refractivity contribution is 7.17. The van der Waals surface area contributed by atoms with Gasteiger partial charge in [0.05, 0.1) is 25.1 Å². The lowest BCUT2D eigenvalue weighted by atomic mass is 9.97. The second-order valence-corrected chi connectivity index (χ2v) is 6.14. The Morgan fingerprint density at radius 2 is 2.29 bits per heavy atom. The molecule has 0 aromatic carbocycles. The van der Waals surface area contributed by atoms with E-state index in [1.807, 2.05) is 11.4 Å². The fourth-order valence-electron chi connectivity index (χ4n) is 2.70. The van der Waals surface area contributed by atoms with Crippen molar-refractivity contribution >= 4 is 27.5 Å². The molecule has 7 heteroatoms. The van der Waals surface area contributed by atoms with Crippen LogP contribution in [0.5, 0.6) is 0 Å². The number of esters is 1. The third-order valence-electron chi connectivity index (χ3n) is 3.86. The summed E-state index contributed by atoms with van der Waals surface area (Å²) in [4.78, 5) is 32.9. The summed E-state index contributed by atoms with van der Waals surface area (Å²) in [6.45, 7) is 2.23. The van der Waals surface area contributed by atoms with Gasteiger partial charge in [-0.15, -0.1) is 11.3 Å². The largest absolute Gasteiger partial charge is 0.469 e. The lowest BCUT2D eigenvalue weighted by molar-refractivity contribution is -0.147. The number of piperidine rings is 1. The van der Waals surface area contributed by atoms with Gasteiger partial charge in [0.25, 0.3) is 5.56 Å². The van der Waals surface area contributed by atoms with Crippen LogP contribution in [0.25, 0.3) is 10.2 Å². The number of methoxy groups -OCH3 is 1. The van der Waals surface area contributed by atoms with Gasteiger partial charge < -0.3 is 9.72 Å². The highest BCUT2D eigenvalue weighted by Crippen LogP contribution is 2.20. The van der Waals surface area contributed by atoms with Crippen molar-refractivity contribution in [3.8, 4) is 0 Å². The van der Waals surface area contributed by atoms with E-state index in [2.05, 4.69) is 14.9 Å². The molecule has 6 nitrogen and oxygen atoms in total. The summed E-state index contributed by atoms with van der Waals surface area (Å²) in [5.41, 5.74) is 0.678. The smallest absolute Gasteiger partial charge is 0.308 e. The Labute approximate surface area is 125 Å². The molecule has 1 saturated heterocycles. The molecule has 112 valence electrons. The Hall–Kier alpha value is -1.73. The highest BCUT2D eigenvalue weighted by Gasteiger charge is 2.25. The number of carbonyl (C=O) groups excluding carboxylic acids is 1. The number of ether oxygens (including phenoxy) is 1. The van der Waals surface area contributed by atoms with Crippen LogP contribution < -0.4 is 5.56 Å². The SMILES string of the molecule is COC(=O)C1CCN(Cc2nc3ccsc3c(=O)[nH]2)CC1. The third-order valence-corrected chi connectivity index (χ3v) is 4.76. The van der Waals surface area contributed by atoms with E-state index in [0.717, 1.165) is 31.4 Å². The number of aromatic nitrogens is 2. The maximum absolute atomic E-state index is 11.9. The van der Waals surface area contributed by atoms with Crippen molar-refractivity contribution in [2.45, 2.75) is 19.4 Å². The number of hydrogen-bond acceptors (Lipinski definition) is 6. The number of thiophene rings is 1. The first-order valence-electron chi connectivity index (χ1n) is 6.94. The minimum absolute atomic E-state index is 0.00221. The Bertz CT molecular complexity index is 701. The zero-order chi connectivity index (χ0) is 14.8. The van der Waals surface area contributed by atoms with Crippen LogP contribution in [0.1, 0.15) is 18.7 Å². The van der Waals surface area contributed by atoms with E-state index in [1.165, 1.54) is 18.4 Å². The molecule has 0 saturated carbocycles. The van der Waals surface area contributed by atoms with Crippen LogP contribution in [-0.4, -0.2) is 41.0 Å². The zero-order valence-corrected chi connectivity index (χ0v) is 12.6. The highest BCUT2D eigenvalue weighted by atomic mass is 32.1. The molecule has 1 aliphatic heterocycles. The van der Waals surface area contributed by atoms with Gasteiger partial charge in [0.15, 0.2) is 0 Å². The van der Waals surface area contributed by atoms with Gasteiger partial charge in [-0.25, -0.2) is 4.98 Å². The molecule has 21 heavy (non-hydrogen) atoms. The number of likely N-dealkylation sites (tertiary alicyclic amines) is 1. The Balaban J connectivity index is 1.67. The van der Waals surface area contributed by atoms with Crippen molar-refractivity contribution in [2.24, 2.45) is 5.92 Å². The summed E-state index contributed by atoms with van der Waals surface area (Å²) in [6, 6.07) is 1.86. The maximum Gasteiger partial charge on any atom is 0.308 e. The fourth-order valence-corrected chi connectivity index (χ4v) is 3.43. The van der Waals surface area contributed by atoms with E-state index in [1.54, 1.807) is 0 Å². The fraction of sp³-hybridized carbons (Fsp3) is 0.500. The van der Waals surface area contributed by atoms with Crippen molar-refractivity contribution in [1.29, 1.82) is 0 Å². The van der Waals surface area contributed by atoms with Gasteiger partial charge >= 0.3 is 5.97 Å². The predicted octanol–water partition coefficient (Wildman–Crippen LogP) is 1.37. The number of aromatic amines is 1. The van der Waals surface area contributed by atoms with Gasteiger partial charge in [0, 0.05) is 0 Å². The molecule has 0 unspecified atom stereocenters. The molecule has 0 aliphatic carbocycles. The molecule has 2 aromatic heterocycles. The van der Waals surface area contributed by atoms with E-state index < -0.39 is 0 Å². The zero-order valence-electron chi connectivity index (χ0n) is 11.8. The molecule has 0 amide bonds. The molecule has 0 atom stereocenters. The van der Waals surface area contributed by atoms with Crippen LogP contribution in [0.3, 0.4) is 0 Å². The predicted molar refractivity (Wildman–Crippen MR) is 80.3 cm³/mol. The number of nitrogens with one attached hydrogen (secondary N) is 1. The molecule has 0 spiro atoms. The van der Waals surface area contributed by atoms with Crippen LogP contribution in [0.15, 0.2) is 16.2 Å².